The molecule has 2 rings (SSSR count). The Balaban J connectivity index is 2.76. The van der Waals surface area contributed by atoms with Crippen LogP contribution < -0.4 is 0 Å². The topological polar surface area (TPSA) is 70.4 Å². The smallest absolute Gasteiger partial charge is 0.337 e. The molecule has 1 aromatic carbocycles. The maximum Gasteiger partial charge on any atom is 0.337 e. The SMILES string of the molecule is Cc1nc2cc(O)ccc2cc1C(=O)O. The molecule has 0 atom stereocenters. The molecular weight excluding hydrogens is 194 g/mol. The second kappa shape index (κ2) is 3.24. The number of nitrogens with zero attached hydrogens (tertiary/aromatic N) is 1. The lowest BCUT2D eigenvalue weighted by Crippen LogP contribution is -2.01. The van der Waals surface area contributed by atoms with E-state index in [0.29, 0.717) is 16.6 Å². The third kappa shape index (κ3) is 1.61. The molecule has 0 aliphatic rings. The number of benzene rings is 1. The highest BCUT2D eigenvalue weighted by Gasteiger charge is 2.09. The summed E-state index contributed by atoms with van der Waals surface area (Å²) in [6.45, 7) is 1.63. The van der Waals surface area contributed by atoms with Gasteiger partial charge in [-0.25, -0.2) is 4.79 Å². The van der Waals surface area contributed by atoms with E-state index < -0.39 is 5.97 Å². The molecule has 0 saturated heterocycles. The molecule has 1 aromatic heterocycles. The first-order chi connectivity index (χ1) is 7.08. The maximum atomic E-state index is 10.8. The van der Waals surface area contributed by atoms with Gasteiger partial charge in [0.25, 0.3) is 0 Å². The minimum Gasteiger partial charge on any atom is -0.508 e. The first-order valence-electron chi connectivity index (χ1n) is 4.41. The van der Waals surface area contributed by atoms with Crippen LogP contribution >= 0.6 is 0 Å². The number of hydrogen-bond acceptors (Lipinski definition) is 3. The van der Waals surface area contributed by atoms with Gasteiger partial charge in [-0.05, 0) is 25.1 Å². The van der Waals surface area contributed by atoms with E-state index in [4.69, 9.17) is 5.11 Å². The Morgan fingerprint density at radius 3 is 2.73 bits per heavy atom. The number of carbonyl (C=O) groups is 1. The fourth-order valence-corrected chi connectivity index (χ4v) is 1.47. The number of phenolic OH excluding ortho intramolecular Hbond substituents is 1. The molecule has 0 amide bonds. The molecule has 0 radical (unpaired) electrons. The van der Waals surface area contributed by atoms with Crippen molar-refractivity contribution in [3.05, 3.63) is 35.5 Å². The lowest BCUT2D eigenvalue weighted by molar-refractivity contribution is 0.0696. The monoisotopic (exact) mass is 203 g/mol. The van der Waals surface area contributed by atoms with E-state index in [1.807, 2.05) is 0 Å². The number of pyridine rings is 1. The average molecular weight is 203 g/mol. The van der Waals surface area contributed by atoms with Gasteiger partial charge in [0.15, 0.2) is 0 Å². The van der Waals surface area contributed by atoms with Crippen LogP contribution in [0, 0.1) is 6.92 Å². The van der Waals surface area contributed by atoms with Crippen molar-refractivity contribution in [1.29, 1.82) is 0 Å². The standard InChI is InChI=1S/C11H9NO3/c1-6-9(11(14)15)4-7-2-3-8(13)5-10(7)12-6/h2-5,13H,1H3,(H,14,15). The lowest BCUT2D eigenvalue weighted by Gasteiger charge is -2.03. The van der Waals surface area contributed by atoms with E-state index in [2.05, 4.69) is 4.98 Å². The third-order valence-corrected chi connectivity index (χ3v) is 2.22. The lowest BCUT2D eigenvalue weighted by atomic mass is 10.1. The van der Waals surface area contributed by atoms with Crippen molar-refractivity contribution in [2.75, 3.05) is 0 Å². The highest BCUT2D eigenvalue weighted by molar-refractivity contribution is 5.94. The van der Waals surface area contributed by atoms with Gasteiger partial charge in [-0.3, -0.25) is 4.98 Å². The van der Waals surface area contributed by atoms with Crippen molar-refractivity contribution in [1.82, 2.24) is 4.98 Å². The highest BCUT2D eigenvalue weighted by Crippen LogP contribution is 2.20. The van der Waals surface area contributed by atoms with Crippen LogP contribution in [-0.4, -0.2) is 21.2 Å². The van der Waals surface area contributed by atoms with Crippen molar-refractivity contribution in [2.24, 2.45) is 0 Å². The van der Waals surface area contributed by atoms with Crippen LogP contribution in [0.4, 0.5) is 0 Å². The maximum absolute atomic E-state index is 10.8. The quantitative estimate of drug-likeness (QED) is 0.743. The molecule has 0 aliphatic carbocycles. The molecule has 2 N–H and O–H groups in total. The summed E-state index contributed by atoms with van der Waals surface area (Å²) in [7, 11) is 0. The molecular formula is C11H9NO3. The zero-order valence-electron chi connectivity index (χ0n) is 8.06. The van der Waals surface area contributed by atoms with E-state index in [-0.39, 0.29) is 11.3 Å². The van der Waals surface area contributed by atoms with Crippen molar-refractivity contribution in [2.45, 2.75) is 6.92 Å². The van der Waals surface area contributed by atoms with Crippen molar-refractivity contribution < 1.29 is 15.0 Å². The third-order valence-electron chi connectivity index (χ3n) is 2.22. The van der Waals surface area contributed by atoms with Crippen LogP contribution in [0.2, 0.25) is 0 Å². The molecule has 76 valence electrons. The first-order valence-corrected chi connectivity index (χ1v) is 4.41. The number of carboxylic acid groups (broad SMARTS) is 1. The zero-order valence-corrected chi connectivity index (χ0v) is 8.06. The summed E-state index contributed by atoms with van der Waals surface area (Å²) in [4.78, 5) is 15.0. The summed E-state index contributed by atoms with van der Waals surface area (Å²) in [6.07, 6.45) is 0. The van der Waals surface area contributed by atoms with Crippen molar-refractivity contribution >= 4 is 16.9 Å². The Kier molecular flexibility index (Phi) is 2.04. The summed E-state index contributed by atoms with van der Waals surface area (Å²) in [5, 5.41) is 18.8. The molecule has 0 fully saturated rings. The number of aromatic carboxylic acids is 1. The van der Waals surface area contributed by atoms with Gasteiger partial charge in [0.2, 0.25) is 0 Å². The minimum absolute atomic E-state index is 0.123. The summed E-state index contributed by atoms with van der Waals surface area (Å²) in [5.41, 5.74) is 1.23. The first kappa shape index (κ1) is 9.45. The van der Waals surface area contributed by atoms with Crippen molar-refractivity contribution in [3.8, 4) is 5.75 Å². The van der Waals surface area contributed by atoms with Gasteiger partial charge >= 0.3 is 5.97 Å². The second-order valence-corrected chi connectivity index (χ2v) is 3.30. The van der Waals surface area contributed by atoms with Gasteiger partial charge in [0, 0.05) is 11.5 Å². The Morgan fingerprint density at radius 2 is 2.07 bits per heavy atom. The normalized spacial score (nSPS) is 10.5. The molecule has 0 saturated carbocycles. The summed E-state index contributed by atoms with van der Waals surface area (Å²) in [5.74, 6) is -0.868. The number of rotatable bonds is 1. The van der Waals surface area contributed by atoms with Gasteiger partial charge in [-0.15, -0.1) is 0 Å². The van der Waals surface area contributed by atoms with Crippen LogP contribution in [0.15, 0.2) is 24.3 Å². The number of fused-ring (bicyclic) bond motifs is 1. The fraction of sp³-hybridized carbons (Fsp3) is 0.0909. The number of aromatic nitrogens is 1. The van der Waals surface area contributed by atoms with Gasteiger partial charge in [-0.2, -0.15) is 0 Å². The number of phenols is 1. The Bertz CT molecular complexity index is 549. The van der Waals surface area contributed by atoms with Gasteiger partial charge < -0.3 is 10.2 Å². The molecule has 0 bridgehead atoms. The number of carboxylic acids is 1. The van der Waals surface area contributed by atoms with E-state index in [1.165, 1.54) is 12.1 Å². The van der Waals surface area contributed by atoms with Crippen LogP contribution in [0.5, 0.6) is 5.75 Å². The average Bonchev–Trinajstić information content (AvgIpc) is 2.15. The largest absolute Gasteiger partial charge is 0.508 e. The van der Waals surface area contributed by atoms with Gasteiger partial charge in [-0.1, -0.05) is 0 Å². The highest BCUT2D eigenvalue weighted by atomic mass is 16.4. The number of aromatic hydroxyl groups is 1. The molecule has 1 heterocycles. The molecule has 0 unspecified atom stereocenters. The van der Waals surface area contributed by atoms with Crippen LogP contribution in [0.1, 0.15) is 16.1 Å². The second-order valence-electron chi connectivity index (χ2n) is 3.30. The number of hydrogen-bond donors (Lipinski definition) is 2. The molecule has 2 aromatic rings. The zero-order chi connectivity index (χ0) is 11.0. The molecule has 0 aliphatic heterocycles. The predicted molar refractivity (Wildman–Crippen MR) is 55.1 cm³/mol. The van der Waals surface area contributed by atoms with Crippen LogP contribution in [0.25, 0.3) is 10.9 Å². The number of aryl methyl sites for hydroxylation is 1. The van der Waals surface area contributed by atoms with Gasteiger partial charge in [0.05, 0.1) is 16.8 Å². The Labute approximate surface area is 85.8 Å². The Hall–Kier alpha value is -2.10. The van der Waals surface area contributed by atoms with E-state index in [0.717, 1.165) is 0 Å². The van der Waals surface area contributed by atoms with E-state index in [1.54, 1.807) is 19.1 Å². The van der Waals surface area contributed by atoms with E-state index in [9.17, 15) is 9.90 Å². The molecule has 4 nitrogen and oxygen atoms in total. The molecule has 15 heavy (non-hydrogen) atoms. The fourth-order valence-electron chi connectivity index (χ4n) is 1.47. The summed E-state index contributed by atoms with van der Waals surface area (Å²) < 4.78 is 0. The minimum atomic E-state index is -0.991. The van der Waals surface area contributed by atoms with Crippen LogP contribution in [0.3, 0.4) is 0 Å². The predicted octanol–water partition coefficient (Wildman–Crippen LogP) is 1.95. The molecule has 0 spiro atoms. The summed E-state index contributed by atoms with van der Waals surface area (Å²) >= 11 is 0. The summed E-state index contributed by atoms with van der Waals surface area (Å²) in [6, 6.07) is 6.21. The van der Waals surface area contributed by atoms with Gasteiger partial charge in [0.1, 0.15) is 5.75 Å². The Morgan fingerprint density at radius 1 is 1.33 bits per heavy atom. The van der Waals surface area contributed by atoms with Crippen molar-refractivity contribution in [3.63, 3.8) is 0 Å². The van der Waals surface area contributed by atoms with Crippen LogP contribution in [-0.2, 0) is 0 Å². The molecule has 4 heteroatoms. The van der Waals surface area contributed by atoms with E-state index >= 15 is 0 Å².